The van der Waals surface area contributed by atoms with E-state index in [-0.39, 0.29) is 30.4 Å². The van der Waals surface area contributed by atoms with E-state index in [1.807, 2.05) is 4.90 Å². The normalized spacial score (nSPS) is 22.0. The molecule has 1 aromatic heterocycles. The molecule has 2 aliphatic rings. The van der Waals surface area contributed by atoms with E-state index < -0.39 is 6.10 Å². The predicted molar refractivity (Wildman–Crippen MR) is 92.7 cm³/mol. The van der Waals surface area contributed by atoms with E-state index in [2.05, 4.69) is 15.6 Å². The fourth-order valence-corrected chi connectivity index (χ4v) is 3.64. The Kier molecular flexibility index (Phi) is 5.86. The number of rotatable bonds is 5. The maximum atomic E-state index is 12.4. The lowest BCUT2D eigenvalue weighted by molar-refractivity contribution is -0.134. The van der Waals surface area contributed by atoms with Crippen molar-refractivity contribution in [1.29, 1.82) is 0 Å². The molecule has 3 N–H and O–H groups in total. The lowest BCUT2D eigenvalue weighted by Gasteiger charge is -2.21. The smallest absolute Gasteiger partial charge is 0.315 e. The Hall–Kier alpha value is -2.15. The molecular weight excluding hydrogens is 320 g/mol. The zero-order valence-corrected chi connectivity index (χ0v) is 14.4. The molecule has 7 nitrogen and oxygen atoms in total. The van der Waals surface area contributed by atoms with Crippen LogP contribution in [0.4, 0.5) is 4.79 Å². The highest BCUT2D eigenvalue weighted by Gasteiger charge is 2.32. The zero-order valence-electron chi connectivity index (χ0n) is 14.4. The zero-order chi connectivity index (χ0) is 17.6. The molecule has 1 aliphatic carbocycles. The monoisotopic (exact) mass is 346 g/mol. The number of hydrogen-bond acceptors (Lipinski definition) is 4. The third-order valence-electron chi connectivity index (χ3n) is 5.09. The van der Waals surface area contributed by atoms with E-state index in [1.54, 1.807) is 24.5 Å². The number of hydrogen-bond donors (Lipinski definition) is 3. The van der Waals surface area contributed by atoms with E-state index in [0.29, 0.717) is 18.7 Å². The first-order chi connectivity index (χ1) is 12.1. The number of amides is 3. The van der Waals surface area contributed by atoms with Crippen LogP contribution in [0.5, 0.6) is 0 Å². The minimum Gasteiger partial charge on any atom is -0.387 e. The van der Waals surface area contributed by atoms with Crippen LogP contribution in [-0.2, 0) is 4.79 Å². The molecule has 1 aromatic rings. The number of urea groups is 1. The minimum atomic E-state index is -0.766. The largest absolute Gasteiger partial charge is 0.387 e. The summed E-state index contributed by atoms with van der Waals surface area (Å²) in [5, 5.41) is 15.6. The van der Waals surface area contributed by atoms with E-state index in [4.69, 9.17) is 0 Å². The SMILES string of the molecule is O=C(NCC(O)c1ccncc1)NC1CCN(C(=O)C2CCCC2)C1. The molecule has 0 bridgehead atoms. The molecule has 25 heavy (non-hydrogen) atoms. The van der Waals surface area contributed by atoms with E-state index in [0.717, 1.165) is 32.1 Å². The van der Waals surface area contributed by atoms with Crippen LogP contribution in [0, 0.1) is 5.92 Å². The molecule has 7 heteroatoms. The number of aliphatic hydroxyl groups is 1. The maximum absolute atomic E-state index is 12.4. The van der Waals surface area contributed by atoms with Crippen LogP contribution < -0.4 is 10.6 Å². The molecule has 2 fully saturated rings. The average Bonchev–Trinajstić information content (AvgIpc) is 3.32. The fraction of sp³-hybridized carbons (Fsp3) is 0.611. The molecule has 0 spiro atoms. The number of carbonyl (C=O) groups excluding carboxylic acids is 2. The van der Waals surface area contributed by atoms with Gasteiger partial charge in [0.2, 0.25) is 5.91 Å². The second-order valence-corrected chi connectivity index (χ2v) is 6.90. The van der Waals surface area contributed by atoms with Crippen LogP contribution in [0.1, 0.15) is 43.8 Å². The van der Waals surface area contributed by atoms with Gasteiger partial charge in [0.05, 0.1) is 6.10 Å². The summed E-state index contributed by atoms with van der Waals surface area (Å²) in [6.07, 6.45) is 7.51. The number of likely N-dealkylation sites (tertiary alicyclic amines) is 1. The van der Waals surface area contributed by atoms with Crippen molar-refractivity contribution in [2.75, 3.05) is 19.6 Å². The Labute approximate surface area is 147 Å². The van der Waals surface area contributed by atoms with Crippen LogP contribution in [0.3, 0.4) is 0 Å². The van der Waals surface area contributed by atoms with Gasteiger partial charge in [0.1, 0.15) is 0 Å². The van der Waals surface area contributed by atoms with E-state index in [9.17, 15) is 14.7 Å². The highest BCUT2D eigenvalue weighted by molar-refractivity contribution is 5.80. The Morgan fingerprint density at radius 3 is 2.68 bits per heavy atom. The lowest BCUT2D eigenvalue weighted by atomic mass is 10.1. The van der Waals surface area contributed by atoms with Crippen molar-refractivity contribution in [1.82, 2.24) is 20.5 Å². The van der Waals surface area contributed by atoms with E-state index in [1.165, 1.54) is 0 Å². The average molecular weight is 346 g/mol. The Bertz CT molecular complexity index is 589. The van der Waals surface area contributed by atoms with Crippen molar-refractivity contribution in [2.45, 2.75) is 44.2 Å². The summed E-state index contributed by atoms with van der Waals surface area (Å²) in [7, 11) is 0. The summed E-state index contributed by atoms with van der Waals surface area (Å²) in [5.74, 6) is 0.429. The number of nitrogens with zero attached hydrogens (tertiary/aromatic N) is 2. The van der Waals surface area contributed by atoms with Crippen molar-refractivity contribution in [3.63, 3.8) is 0 Å². The van der Waals surface area contributed by atoms with Gasteiger partial charge in [-0.1, -0.05) is 12.8 Å². The minimum absolute atomic E-state index is 0.0246. The summed E-state index contributed by atoms with van der Waals surface area (Å²) in [4.78, 5) is 30.2. The van der Waals surface area contributed by atoms with Crippen molar-refractivity contribution in [3.05, 3.63) is 30.1 Å². The van der Waals surface area contributed by atoms with Crippen LogP contribution in [0.2, 0.25) is 0 Å². The van der Waals surface area contributed by atoms with Crippen LogP contribution in [0.15, 0.2) is 24.5 Å². The summed E-state index contributed by atoms with van der Waals surface area (Å²) < 4.78 is 0. The second-order valence-electron chi connectivity index (χ2n) is 6.90. The first-order valence-corrected chi connectivity index (χ1v) is 9.04. The molecule has 1 aliphatic heterocycles. The van der Waals surface area contributed by atoms with Gasteiger partial charge in [0, 0.05) is 44.0 Å². The van der Waals surface area contributed by atoms with Gasteiger partial charge in [-0.25, -0.2) is 4.79 Å². The molecule has 2 heterocycles. The highest BCUT2D eigenvalue weighted by atomic mass is 16.3. The molecular formula is C18H26N4O3. The number of carbonyl (C=O) groups is 2. The van der Waals surface area contributed by atoms with Crippen molar-refractivity contribution >= 4 is 11.9 Å². The Morgan fingerprint density at radius 1 is 1.24 bits per heavy atom. The second kappa shape index (κ2) is 8.29. The molecule has 1 saturated carbocycles. The van der Waals surface area contributed by atoms with Crippen molar-refractivity contribution in [2.24, 2.45) is 5.92 Å². The van der Waals surface area contributed by atoms with Gasteiger partial charge in [-0.2, -0.15) is 0 Å². The fourth-order valence-electron chi connectivity index (χ4n) is 3.64. The molecule has 0 aromatic carbocycles. The summed E-state index contributed by atoms with van der Waals surface area (Å²) in [5.41, 5.74) is 0.713. The Balaban J connectivity index is 1.39. The number of aromatic nitrogens is 1. The van der Waals surface area contributed by atoms with Gasteiger partial charge in [-0.15, -0.1) is 0 Å². The summed E-state index contributed by atoms with van der Waals surface area (Å²) in [6.45, 7) is 1.42. The van der Waals surface area contributed by atoms with Crippen molar-refractivity contribution < 1.29 is 14.7 Å². The summed E-state index contributed by atoms with van der Waals surface area (Å²) >= 11 is 0. The molecule has 0 radical (unpaired) electrons. The number of nitrogens with one attached hydrogen (secondary N) is 2. The quantitative estimate of drug-likeness (QED) is 0.747. The van der Waals surface area contributed by atoms with Gasteiger partial charge in [-0.05, 0) is 37.0 Å². The first-order valence-electron chi connectivity index (χ1n) is 9.04. The first kappa shape index (κ1) is 17.7. The number of aliphatic hydroxyl groups excluding tert-OH is 1. The Morgan fingerprint density at radius 2 is 1.96 bits per heavy atom. The topological polar surface area (TPSA) is 94.6 Å². The van der Waals surface area contributed by atoms with Crippen LogP contribution >= 0.6 is 0 Å². The van der Waals surface area contributed by atoms with Gasteiger partial charge < -0.3 is 20.6 Å². The number of pyridine rings is 1. The standard InChI is InChI=1S/C18H26N4O3/c23-16(13-5-8-19-9-6-13)11-20-18(25)21-15-7-10-22(12-15)17(24)14-3-1-2-4-14/h5-6,8-9,14-16,23H,1-4,7,10-12H2,(H2,20,21,25). The molecule has 2 atom stereocenters. The van der Waals surface area contributed by atoms with Gasteiger partial charge >= 0.3 is 6.03 Å². The van der Waals surface area contributed by atoms with Gasteiger partial charge in [0.15, 0.2) is 0 Å². The van der Waals surface area contributed by atoms with Crippen LogP contribution in [-0.4, -0.2) is 52.6 Å². The highest BCUT2D eigenvalue weighted by Crippen LogP contribution is 2.27. The third kappa shape index (κ3) is 4.69. The third-order valence-corrected chi connectivity index (χ3v) is 5.09. The molecule has 2 unspecified atom stereocenters. The molecule has 1 saturated heterocycles. The molecule has 136 valence electrons. The predicted octanol–water partition coefficient (Wildman–Crippen LogP) is 1.21. The van der Waals surface area contributed by atoms with E-state index >= 15 is 0 Å². The van der Waals surface area contributed by atoms with Gasteiger partial charge in [-0.3, -0.25) is 9.78 Å². The summed E-state index contributed by atoms with van der Waals surface area (Å²) in [6, 6.07) is 3.10. The molecule has 3 amide bonds. The lowest BCUT2D eigenvalue weighted by Crippen LogP contribution is -2.45. The molecule has 3 rings (SSSR count). The van der Waals surface area contributed by atoms with Crippen LogP contribution in [0.25, 0.3) is 0 Å². The van der Waals surface area contributed by atoms with Gasteiger partial charge in [0.25, 0.3) is 0 Å². The van der Waals surface area contributed by atoms with Crippen molar-refractivity contribution in [3.8, 4) is 0 Å². The maximum Gasteiger partial charge on any atom is 0.315 e.